The van der Waals surface area contributed by atoms with Crippen LogP contribution in [-0.2, 0) is 14.6 Å². The van der Waals surface area contributed by atoms with Gasteiger partial charge >= 0.3 is 5.97 Å². The van der Waals surface area contributed by atoms with Crippen LogP contribution in [0.5, 0.6) is 0 Å². The third kappa shape index (κ3) is 2.52. The molecule has 92 valence electrons. The second-order valence-electron chi connectivity index (χ2n) is 4.01. The van der Waals surface area contributed by atoms with Gasteiger partial charge in [-0.05, 0) is 30.5 Å². The maximum absolute atomic E-state index is 11.9. The number of halogens is 1. The van der Waals surface area contributed by atoms with Crippen LogP contribution in [0.4, 0.5) is 0 Å². The number of hydrogen-bond donors (Lipinski definition) is 1. The molecule has 1 atom stereocenters. The lowest BCUT2D eigenvalue weighted by molar-refractivity contribution is -0.136. The van der Waals surface area contributed by atoms with Crippen molar-refractivity contribution in [1.29, 1.82) is 0 Å². The van der Waals surface area contributed by atoms with Crippen LogP contribution < -0.4 is 0 Å². The minimum Gasteiger partial charge on any atom is -0.480 e. The van der Waals surface area contributed by atoms with E-state index in [-0.39, 0.29) is 10.1 Å². The lowest BCUT2D eigenvalue weighted by Gasteiger charge is -2.07. The van der Waals surface area contributed by atoms with E-state index in [2.05, 4.69) is 15.9 Å². The Morgan fingerprint density at radius 3 is 2.24 bits per heavy atom. The van der Waals surface area contributed by atoms with E-state index in [1.54, 1.807) is 0 Å². The van der Waals surface area contributed by atoms with Gasteiger partial charge in [-0.2, -0.15) is 0 Å². The molecule has 1 unspecified atom stereocenters. The fourth-order valence-electron chi connectivity index (χ4n) is 1.54. The lowest BCUT2D eigenvalue weighted by Crippen LogP contribution is -2.08. The van der Waals surface area contributed by atoms with Crippen LogP contribution in [-0.4, -0.2) is 24.7 Å². The quantitative estimate of drug-likeness (QED) is 0.863. The Bertz CT molecular complexity index is 531. The van der Waals surface area contributed by atoms with Gasteiger partial charge in [0.1, 0.15) is 4.83 Å². The molecule has 0 aliphatic heterocycles. The molecule has 0 amide bonds. The zero-order valence-electron chi connectivity index (χ0n) is 8.84. The van der Waals surface area contributed by atoms with Crippen molar-refractivity contribution in [1.82, 2.24) is 0 Å². The molecule has 1 aliphatic rings. The number of benzene rings is 1. The number of alkyl halides is 1. The van der Waals surface area contributed by atoms with Gasteiger partial charge in [0.15, 0.2) is 9.84 Å². The molecule has 2 rings (SSSR count). The summed E-state index contributed by atoms with van der Waals surface area (Å²) < 4.78 is 23.8. The van der Waals surface area contributed by atoms with Crippen molar-refractivity contribution in [2.45, 2.75) is 27.8 Å². The predicted octanol–water partition coefficient (Wildman–Crippen LogP) is 2.14. The van der Waals surface area contributed by atoms with Gasteiger partial charge in [-0.3, -0.25) is 4.79 Å². The van der Waals surface area contributed by atoms with Crippen molar-refractivity contribution in [2.24, 2.45) is 0 Å². The SMILES string of the molecule is O=C(O)C(Br)c1ccc(S(=O)(=O)C2CC2)cc1. The van der Waals surface area contributed by atoms with Crippen LogP contribution in [0.2, 0.25) is 0 Å². The van der Waals surface area contributed by atoms with Crippen LogP contribution in [0.1, 0.15) is 23.2 Å². The van der Waals surface area contributed by atoms with Gasteiger partial charge < -0.3 is 5.11 Å². The van der Waals surface area contributed by atoms with E-state index in [9.17, 15) is 13.2 Å². The smallest absolute Gasteiger partial charge is 0.321 e. The van der Waals surface area contributed by atoms with Crippen LogP contribution in [0.3, 0.4) is 0 Å². The lowest BCUT2D eigenvalue weighted by atomic mass is 10.1. The number of carboxylic acids is 1. The van der Waals surface area contributed by atoms with Crippen molar-refractivity contribution in [2.75, 3.05) is 0 Å². The molecule has 1 N–H and O–H groups in total. The number of rotatable bonds is 4. The Hall–Kier alpha value is -0.880. The van der Waals surface area contributed by atoms with E-state index < -0.39 is 20.6 Å². The fourth-order valence-corrected chi connectivity index (χ4v) is 3.50. The normalized spacial score (nSPS) is 17.7. The largest absolute Gasteiger partial charge is 0.480 e. The Morgan fingerprint density at radius 1 is 1.29 bits per heavy atom. The summed E-state index contributed by atoms with van der Waals surface area (Å²) >= 11 is 3.02. The minimum atomic E-state index is -3.19. The van der Waals surface area contributed by atoms with Crippen molar-refractivity contribution in [3.05, 3.63) is 29.8 Å². The highest BCUT2D eigenvalue weighted by Crippen LogP contribution is 2.34. The van der Waals surface area contributed by atoms with Crippen molar-refractivity contribution in [3.63, 3.8) is 0 Å². The van der Waals surface area contributed by atoms with E-state index in [0.29, 0.717) is 5.56 Å². The van der Waals surface area contributed by atoms with Crippen molar-refractivity contribution >= 4 is 31.7 Å². The Balaban J connectivity index is 2.27. The topological polar surface area (TPSA) is 71.4 Å². The molecular weight excluding hydrogens is 308 g/mol. The van der Waals surface area contributed by atoms with E-state index in [1.807, 2.05) is 0 Å². The van der Waals surface area contributed by atoms with Gasteiger partial charge in [0.05, 0.1) is 10.1 Å². The molecule has 1 saturated carbocycles. The highest BCUT2D eigenvalue weighted by atomic mass is 79.9. The third-order valence-electron chi connectivity index (χ3n) is 2.68. The number of hydrogen-bond acceptors (Lipinski definition) is 3. The van der Waals surface area contributed by atoms with E-state index in [4.69, 9.17) is 5.11 Å². The molecule has 0 spiro atoms. The second-order valence-corrected chi connectivity index (χ2v) is 7.16. The number of carboxylic acid groups (broad SMARTS) is 1. The van der Waals surface area contributed by atoms with E-state index in [0.717, 1.165) is 12.8 Å². The molecule has 6 heteroatoms. The minimum absolute atomic E-state index is 0.243. The van der Waals surface area contributed by atoms with Gasteiger partial charge in [0.2, 0.25) is 0 Å². The first-order valence-corrected chi connectivity index (χ1v) is 7.60. The maximum atomic E-state index is 11.9. The Labute approximate surface area is 108 Å². The molecule has 0 radical (unpaired) electrons. The van der Waals surface area contributed by atoms with Gasteiger partial charge in [-0.25, -0.2) is 8.42 Å². The first-order valence-electron chi connectivity index (χ1n) is 5.13. The summed E-state index contributed by atoms with van der Waals surface area (Å²) in [6.45, 7) is 0. The summed E-state index contributed by atoms with van der Waals surface area (Å²) in [5, 5.41) is 8.55. The van der Waals surface area contributed by atoms with Crippen LogP contribution in [0.15, 0.2) is 29.2 Å². The van der Waals surface area contributed by atoms with Crippen LogP contribution >= 0.6 is 15.9 Å². The highest BCUT2D eigenvalue weighted by Gasteiger charge is 2.36. The van der Waals surface area contributed by atoms with E-state index >= 15 is 0 Å². The number of sulfone groups is 1. The van der Waals surface area contributed by atoms with Gasteiger partial charge in [-0.1, -0.05) is 28.1 Å². The molecule has 17 heavy (non-hydrogen) atoms. The zero-order chi connectivity index (χ0) is 12.6. The summed E-state index contributed by atoms with van der Waals surface area (Å²) in [6.07, 6.45) is 1.45. The maximum Gasteiger partial charge on any atom is 0.321 e. The van der Waals surface area contributed by atoms with Crippen LogP contribution in [0, 0.1) is 0 Å². The monoisotopic (exact) mass is 318 g/mol. The van der Waals surface area contributed by atoms with Gasteiger partial charge in [-0.15, -0.1) is 0 Å². The molecule has 4 nitrogen and oxygen atoms in total. The molecule has 1 fully saturated rings. The highest BCUT2D eigenvalue weighted by molar-refractivity contribution is 9.09. The zero-order valence-corrected chi connectivity index (χ0v) is 11.2. The fraction of sp³-hybridized carbons (Fsp3) is 0.364. The molecule has 0 aromatic heterocycles. The molecule has 1 aromatic carbocycles. The molecule has 1 aliphatic carbocycles. The van der Waals surface area contributed by atoms with Gasteiger partial charge in [0.25, 0.3) is 0 Å². The second kappa shape index (κ2) is 4.42. The Morgan fingerprint density at radius 2 is 1.82 bits per heavy atom. The molecule has 0 saturated heterocycles. The summed E-state index contributed by atoms with van der Waals surface area (Å²) in [7, 11) is -3.19. The Kier molecular flexibility index (Phi) is 3.27. The molecule has 1 aromatic rings. The summed E-state index contributed by atoms with van der Waals surface area (Å²) in [5.41, 5.74) is 0.534. The summed E-state index contributed by atoms with van der Waals surface area (Å²) in [4.78, 5) is 10.2. The average Bonchev–Trinajstić information content (AvgIpc) is 3.12. The summed E-state index contributed by atoms with van der Waals surface area (Å²) in [5.74, 6) is -0.997. The first-order chi connectivity index (χ1) is 7.93. The predicted molar refractivity (Wildman–Crippen MR) is 66.0 cm³/mol. The first kappa shape index (κ1) is 12.6. The van der Waals surface area contributed by atoms with Crippen LogP contribution in [0.25, 0.3) is 0 Å². The molecular formula is C11H11BrO4S. The summed E-state index contributed by atoms with van der Waals surface area (Å²) in [6, 6.07) is 6.01. The standard InChI is InChI=1S/C11H11BrO4S/c12-10(11(13)14)7-1-3-8(4-2-7)17(15,16)9-5-6-9/h1-4,9-10H,5-6H2,(H,13,14). The average molecular weight is 319 g/mol. The molecule has 0 heterocycles. The molecule has 0 bridgehead atoms. The number of aliphatic carboxylic acids is 1. The van der Waals surface area contributed by atoms with Gasteiger partial charge in [0, 0.05) is 0 Å². The third-order valence-corrected chi connectivity index (χ3v) is 5.88. The van der Waals surface area contributed by atoms with Crippen molar-refractivity contribution < 1.29 is 18.3 Å². The van der Waals surface area contributed by atoms with Crippen molar-refractivity contribution in [3.8, 4) is 0 Å². The number of carbonyl (C=O) groups is 1. The van der Waals surface area contributed by atoms with E-state index in [1.165, 1.54) is 24.3 Å².